The second-order valence-electron chi connectivity index (χ2n) is 6.39. The fourth-order valence-corrected chi connectivity index (χ4v) is 2.75. The highest BCUT2D eigenvalue weighted by molar-refractivity contribution is 7.80. The van der Waals surface area contributed by atoms with Gasteiger partial charge in [0.05, 0.1) is 12.0 Å². The summed E-state index contributed by atoms with van der Waals surface area (Å²) in [4.78, 5) is 45.4. The number of unbranched alkanes of at least 4 members (excludes halogenated alkanes) is 1. The zero-order valence-corrected chi connectivity index (χ0v) is 17.9. The van der Waals surface area contributed by atoms with Gasteiger partial charge in [-0.1, -0.05) is 13.3 Å². The molecule has 0 radical (unpaired) electrons. The Bertz CT molecular complexity index is 998. The molecule has 3 rings (SSSR count). The minimum Gasteiger partial charge on any atom is -0.357 e. The van der Waals surface area contributed by atoms with Crippen molar-refractivity contribution in [2.24, 2.45) is 4.99 Å². The van der Waals surface area contributed by atoms with E-state index in [1.165, 1.54) is 6.20 Å². The van der Waals surface area contributed by atoms with Gasteiger partial charge in [0.2, 0.25) is 23.0 Å². The van der Waals surface area contributed by atoms with Crippen LogP contribution >= 0.6 is 12.2 Å². The van der Waals surface area contributed by atoms with Gasteiger partial charge in [0.25, 0.3) is 11.8 Å². The number of pyridine rings is 1. The van der Waals surface area contributed by atoms with Crippen molar-refractivity contribution in [3.8, 4) is 0 Å². The molecule has 0 saturated carbocycles. The minimum absolute atomic E-state index is 0.0266. The summed E-state index contributed by atoms with van der Waals surface area (Å²) in [6.45, 7) is 2.81. The average molecular weight is 443 g/mol. The maximum absolute atomic E-state index is 12.5. The van der Waals surface area contributed by atoms with E-state index in [0.29, 0.717) is 11.9 Å². The summed E-state index contributed by atoms with van der Waals surface area (Å²) in [7, 11) is 1.69. The zero-order chi connectivity index (χ0) is 22.2. The van der Waals surface area contributed by atoms with Crippen molar-refractivity contribution in [3.05, 3.63) is 30.1 Å². The zero-order valence-electron chi connectivity index (χ0n) is 17.0. The summed E-state index contributed by atoms with van der Waals surface area (Å²) in [6.07, 6.45) is 4.83. The largest absolute Gasteiger partial charge is 0.357 e. The maximum atomic E-state index is 12.5. The Balaban J connectivity index is 1.66. The van der Waals surface area contributed by atoms with Crippen LogP contribution in [0.2, 0.25) is 0 Å². The number of imide groups is 1. The van der Waals surface area contributed by atoms with E-state index in [0.717, 1.165) is 24.4 Å². The summed E-state index contributed by atoms with van der Waals surface area (Å²) in [6, 6.07) is 3.18. The first-order chi connectivity index (χ1) is 15.0. The number of anilines is 3. The van der Waals surface area contributed by atoms with Crippen molar-refractivity contribution in [2.75, 3.05) is 29.5 Å². The molecule has 162 valence electrons. The summed E-state index contributed by atoms with van der Waals surface area (Å²) >= 11 is 5.23. The molecule has 1 aliphatic heterocycles. The van der Waals surface area contributed by atoms with Crippen molar-refractivity contribution >= 4 is 52.8 Å². The third kappa shape index (κ3) is 5.88. The van der Waals surface area contributed by atoms with E-state index in [1.54, 1.807) is 25.4 Å². The number of carbonyl (C=O) groups excluding carboxylic acids is 2. The Morgan fingerprint density at radius 1 is 1.29 bits per heavy atom. The van der Waals surface area contributed by atoms with Crippen LogP contribution in [0.15, 0.2) is 29.5 Å². The average Bonchev–Trinajstić information content (AvgIpc) is 3.13. The highest BCUT2D eigenvalue weighted by Crippen LogP contribution is 2.11. The van der Waals surface area contributed by atoms with E-state index in [9.17, 15) is 9.59 Å². The molecule has 0 spiro atoms. The van der Waals surface area contributed by atoms with Crippen molar-refractivity contribution in [1.29, 1.82) is 0 Å². The number of carbonyl (C=O) groups is 2. The predicted octanol–water partition coefficient (Wildman–Crippen LogP) is 1.19. The predicted molar refractivity (Wildman–Crippen MR) is 120 cm³/mol. The standard InChI is InChI=1S/C18H22N10O2S/c1-3-4-8-21-16-23-15(19-2)24-17(25-16)26-18(31)22-12-9-13(29)28(27-12)14(30)11-6-5-7-20-10-11/h5-7,10H,3-4,8-9H2,1-2H3,(H4,19,21,22,23,24,25,26,27,31). The van der Waals surface area contributed by atoms with E-state index in [4.69, 9.17) is 12.2 Å². The number of rotatable bonds is 7. The van der Waals surface area contributed by atoms with Gasteiger partial charge in [0.1, 0.15) is 5.84 Å². The third-order valence-corrected chi connectivity index (χ3v) is 4.24. The first-order valence-corrected chi connectivity index (χ1v) is 10.0. The van der Waals surface area contributed by atoms with Gasteiger partial charge in [-0.05, 0) is 30.8 Å². The summed E-state index contributed by atoms with van der Waals surface area (Å²) < 4.78 is 0. The second kappa shape index (κ2) is 10.3. The number of nitrogens with one attached hydrogen (secondary N) is 4. The molecule has 0 aliphatic carbocycles. The normalized spacial score (nSPS) is 14.3. The van der Waals surface area contributed by atoms with Crippen LogP contribution in [-0.2, 0) is 4.79 Å². The van der Waals surface area contributed by atoms with Crippen LogP contribution in [0.25, 0.3) is 0 Å². The van der Waals surface area contributed by atoms with Gasteiger partial charge in [0.15, 0.2) is 0 Å². The lowest BCUT2D eigenvalue weighted by molar-refractivity contribution is -0.126. The molecule has 0 aromatic carbocycles. The fourth-order valence-electron chi connectivity index (χ4n) is 2.55. The molecule has 31 heavy (non-hydrogen) atoms. The molecular formula is C18H22N10O2S. The van der Waals surface area contributed by atoms with Gasteiger partial charge in [-0.2, -0.15) is 20.0 Å². The first kappa shape index (κ1) is 22.0. The number of aromatic nitrogens is 4. The number of aliphatic imine (C=N–C) groups is 1. The lowest BCUT2D eigenvalue weighted by atomic mass is 10.2. The van der Waals surface area contributed by atoms with Gasteiger partial charge in [-0.3, -0.25) is 25.3 Å². The van der Waals surface area contributed by atoms with E-state index >= 15 is 0 Å². The highest BCUT2D eigenvalue weighted by Gasteiger charge is 2.32. The number of hydrogen-bond acceptors (Lipinski definition) is 9. The quantitative estimate of drug-likeness (QED) is 0.278. The molecular weight excluding hydrogens is 420 g/mol. The Labute approximate surface area is 184 Å². The summed E-state index contributed by atoms with van der Waals surface area (Å²) in [5.74, 6) is 0.198. The van der Waals surface area contributed by atoms with Crippen molar-refractivity contribution < 1.29 is 9.59 Å². The van der Waals surface area contributed by atoms with E-state index < -0.39 is 11.8 Å². The number of hydrazine groups is 1. The van der Waals surface area contributed by atoms with Crippen LogP contribution in [-0.4, -0.2) is 61.3 Å². The third-order valence-electron chi connectivity index (χ3n) is 4.05. The minimum atomic E-state index is -0.527. The molecule has 4 N–H and O–H groups in total. The van der Waals surface area contributed by atoms with Crippen molar-refractivity contribution in [1.82, 2.24) is 30.4 Å². The van der Waals surface area contributed by atoms with Gasteiger partial charge < -0.3 is 10.6 Å². The topological polar surface area (TPSA) is 149 Å². The number of thiocarbonyl (C=S) groups is 1. The molecule has 2 amide bonds. The summed E-state index contributed by atoms with van der Waals surface area (Å²) in [5.41, 5.74) is 2.95. The smallest absolute Gasteiger partial charge is 0.281 e. The Kier molecular flexibility index (Phi) is 7.32. The first-order valence-electron chi connectivity index (χ1n) is 9.60. The highest BCUT2D eigenvalue weighted by atomic mass is 32.1. The molecule has 13 heteroatoms. The second-order valence-corrected chi connectivity index (χ2v) is 6.78. The Hall–Kier alpha value is -3.74. The number of nitrogens with zero attached hydrogens (tertiary/aromatic N) is 6. The molecule has 3 heterocycles. The van der Waals surface area contributed by atoms with Crippen LogP contribution < -0.4 is 21.4 Å². The van der Waals surface area contributed by atoms with Crippen LogP contribution in [0.4, 0.5) is 17.8 Å². The molecule has 2 aromatic heterocycles. The van der Waals surface area contributed by atoms with E-state index in [2.05, 4.69) is 53.2 Å². The van der Waals surface area contributed by atoms with Crippen molar-refractivity contribution in [3.63, 3.8) is 0 Å². The van der Waals surface area contributed by atoms with Crippen LogP contribution in [0.3, 0.4) is 0 Å². The van der Waals surface area contributed by atoms with Gasteiger partial charge in [-0.15, -0.1) is 0 Å². The SMILES string of the molecule is CCCCNc1nc(NC)nc(NC(=S)/N=C2\CC(=O)N(C(=O)c3cccnc3)N2)n1. The van der Waals surface area contributed by atoms with Gasteiger partial charge in [-0.25, -0.2) is 4.99 Å². The summed E-state index contributed by atoms with van der Waals surface area (Å²) in [5, 5.41) is 9.69. The van der Waals surface area contributed by atoms with E-state index in [1.807, 2.05) is 0 Å². The lowest BCUT2D eigenvalue weighted by Crippen LogP contribution is -2.41. The molecule has 0 atom stereocenters. The Morgan fingerprint density at radius 3 is 2.77 bits per heavy atom. The van der Waals surface area contributed by atoms with Crippen molar-refractivity contribution in [2.45, 2.75) is 26.2 Å². The molecule has 0 bridgehead atoms. The molecule has 1 saturated heterocycles. The Morgan fingerprint density at radius 2 is 2.06 bits per heavy atom. The van der Waals surface area contributed by atoms with Gasteiger partial charge in [0, 0.05) is 26.0 Å². The number of amidine groups is 1. The van der Waals surface area contributed by atoms with Crippen LogP contribution in [0, 0.1) is 0 Å². The maximum Gasteiger partial charge on any atom is 0.281 e. The number of amides is 2. The molecule has 1 fully saturated rings. The molecule has 12 nitrogen and oxygen atoms in total. The van der Waals surface area contributed by atoms with Crippen LogP contribution in [0.5, 0.6) is 0 Å². The fraction of sp³-hybridized carbons (Fsp3) is 0.333. The lowest BCUT2D eigenvalue weighted by Gasteiger charge is -2.13. The van der Waals surface area contributed by atoms with E-state index in [-0.39, 0.29) is 28.9 Å². The van der Waals surface area contributed by atoms with Gasteiger partial charge >= 0.3 is 0 Å². The molecule has 0 unspecified atom stereocenters. The molecule has 2 aromatic rings. The number of hydrogen-bond donors (Lipinski definition) is 4. The molecule has 1 aliphatic rings. The van der Waals surface area contributed by atoms with Crippen LogP contribution in [0.1, 0.15) is 36.5 Å². The monoisotopic (exact) mass is 442 g/mol.